The minimum atomic E-state index is -0.447. The van der Waals surface area contributed by atoms with Gasteiger partial charge in [-0.2, -0.15) is 0 Å². The summed E-state index contributed by atoms with van der Waals surface area (Å²) in [7, 11) is 0. The molecule has 6 nitrogen and oxygen atoms in total. The van der Waals surface area contributed by atoms with Crippen molar-refractivity contribution in [2.24, 2.45) is 0 Å². The van der Waals surface area contributed by atoms with Gasteiger partial charge in [-0.1, -0.05) is 0 Å². The third-order valence-electron chi connectivity index (χ3n) is 2.77. The van der Waals surface area contributed by atoms with Crippen LogP contribution in [0, 0.1) is 6.92 Å². The molecule has 1 atom stereocenters. The number of carbonyl (C=O) groups excluding carboxylic acids is 2. The Balaban J connectivity index is 1.81. The second kappa shape index (κ2) is 6.62. The van der Waals surface area contributed by atoms with Crippen LogP contribution in [-0.2, 0) is 4.79 Å². The van der Waals surface area contributed by atoms with E-state index in [0.29, 0.717) is 10.4 Å². The molecule has 1 unspecified atom stereocenters. The zero-order chi connectivity index (χ0) is 15.4. The lowest BCUT2D eigenvalue weighted by Gasteiger charge is -2.11. The highest BCUT2D eigenvalue weighted by Crippen LogP contribution is 2.15. The van der Waals surface area contributed by atoms with Crippen molar-refractivity contribution in [3.05, 3.63) is 46.2 Å². The summed E-state index contributed by atoms with van der Waals surface area (Å²) in [5, 5.41) is 5.21. The monoisotopic (exact) mass is 354 g/mol. The van der Waals surface area contributed by atoms with Crippen LogP contribution in [0.3, 0.4) is 0 Å². The van der Waals surface area contributed by atoms with Gasteiger partial charge in [0.2, 0.25) is 5.91 Å². The van der Waals surface area contributed by atoms with Gasteiger partial charge < -0.3 is 19.5 Å². The number of amides is 2. The minimum absolute atomic E-state index is 0.138. The summed E-state index contributed by atoms with van der Waals surface area (Å²) in [6, 6.07) is 6.50. The number of rotatable bonds is 5. The Kier molecular flexibility index (Phi) is 4.85. The van der Waals surface area contributed by atoms with E-state index in [1.807, 2.05) is 19.9 Å². The number of carbonyl (C=O) groups is 2. The molecule has 0 aliphatic heterocycles. The summed E-state index contributed by atoms with van der Waals surface area (Å²) in [6.45, 7) is 3.50. The van der Waals surface area contributed by atoms with Crippen molar-refractivity contribution in [2.75, 3.05) is 6.54 Å². The smallest absolute Gasteiger partial charge is 0.287 e. The Hall–Kier alpha value is -2.02. The first-order valence-corrected chi connectivity index (χ1v) is 7.14. The van der Waals surface area contributed by atoms with E-state index in [9.17, 15) is 9.59 Å². The molecule has 7 heteroatoms. The van der Waals surface area contributed by atoms with Crippen LogP contribution in [0.1, 0.15) is 35.0 Å². The van der Waals surface area contributed by atoms with E-state index in [4.69, 9.17) is 8.83 Å². The predicted octanol–water partition coefficient (Wildman–Crippen LogP) is 2.55. The second-order valence-corrected chi connectivity index (χ2v) is 5.31. The van der Waals surface area contributed by atoms with Crippen molar-refractivity contribution in [1.29, 1.82) is 0 Å². The molecule has 0 aliphatic carbocycles. The number of nitrogens with one attached hydrogen (secondary N) is 2. The maximum atomic E-state index is 11.8. The van der Waals surface area contributed by atoms with Gasteiger partial charge in [0.1, 0.15) is 11.5 Å². The van der Waals surface area contributed by atoms with Crippen LogP contribution in [0.15, 0.2) is 37.8 Å². The summed E-state index contributed by atoms with van der Waals surface area (Å²) in [4.78, 5) is 23.5. The van der Waals surface area contributed by atoms with Gasteiger partial charge in [-0.15, -0.1) is 0 Å². The molecule has 2 aromatic heterocycles. The Labute approximate surface area is 130 Å². The molecule has 0 saturated carbocycles. The molecule has 0 aliphatic rings. The number of aryl methyl sites for hydroxylation is 1. The lowest BCUT2D eigenvalue weighted by Crippen LogP contribution is -2.37. The molecular formula is C14H15BrN2O4. The van der Waals surface area contributed by atoms with Crippen molar-refractivity contribution in [3.8, 4) is 0 Å². The third-order valence-corrected chi connectivity index (χ3v) is 3.20. The lowest BCUT2D eigenvalue weighted by atomic mass is 10.2. The van der Waals surface area contributed by atoms with E-state index in [-0.39, 0.29) is 24.3 Å². The maximum Gasteiger partial charge on any atom is 0.287 e. The number of hydrogen-bond donors (Lipinski definition) is 2. The molecule has 2 aromatic rings. The molecular weight excluding hydrogens is 340 g/mol. The summed E-state index contributed by atoms with van der Waals surface area (Å²) in [5.41, 5.74) is 0. The summed E-state index contributed by atoms with van der Waals surface area (Å²) >= 11 is 3.10. The number of furan rings is 2. The van der Waals surface area contributed by atoms with E-state index in [1.165, 1.54) is 6.07 Å². The van der Waals surface area contributed by atoms with Gasteiger partial charge in [0.25, 0.3) is 5.91 Å². The molecule has 2 heterocycles. The van der Waals surface area contributed by atoms with Crippen molar-refractivity contribution in [3.63, 3.8) is 0 Å². The molecule has 112 valence electrons. The van der Waals surface area contributed by atoms with E-state index in [1.54, 1.807) is 12.1 Å². The zero-order valence-corrected chi connectivity index (χ0v) is 13.2. The van der Waals surface area contributed by atoms with Gasteiger partial charge >= 0.3 is 0 Å². The molecule has 2 rings (SSSR count). The fourth-order valence-corrected chi connectivity index (χ4v) is 2.04. The van der Waals surface area contributed by atoms with Crippen LogP contribution in [0.25, 0.3) is 0 Å². The standard InChI is InChI=1S/C14H15BrN2O4/c1-8-3-4-10(20-8)9(2)17-13(18)7-16-14(19)11-5-6-12(15)21-11/h3-6,9H,7H2,1-2H3,(H,16,19)(H,17,18). The van der Waals surface area contributed by atoms with E-state index in [0.717, 1.165) is 5.76 Å². The largest absolute Gasteiger partial charge is 0.464 e. The van der Waals surface area contributed by atoms with Crippen molar-refractivity contribution < 1.29 is 18.4 Å². The fourth-order valence-electron chi connectivity index (χ4n) is 1.73. The highest BCUT2D eigenvalue weighted by atomic mass is 79.9. The van der Waals surface area contributed by atoms with Crippen LogP contribution in [-0.4, -0.2) is 18.4 Å². The Morgan fingerprint density at radius 3 is 2.57 bits per heavy atom. The Bertz CT molecular complexity index is 647. The Morgan fingerprint density at radius 2 is 2.00 bits per heavy atom. The van der Waals surface area contributed by atoms with Gasteiger partial charge in [-0.3, -0.25) is 9.59 Å². The van der Waals surface area contributed by atoms with Crippen LogP contribution in [0.2, 0.25) is 0 Å². The Morgan fingerprint density at radius 1 is 1.24 bits per heavy atom. The van der Waals surface area contributed by atoms with Gasteiger partial charge in [0.15, 0.2) is 10.4 Å². The molecule has 21 heavy (non-hydrogen) atoms. The van der Waals surface area contributed by atoms with Gasteiger partial charge in [-0.05, 0) is 54.0 Å². The highest BCUT2D eigenvalue weighted by Gasteiger charge is 2.15. The first-order valence-electron chi connectivity index (χ1n) is 6.35. The topological polar surface area (TPSA) is 84.5 Å². The molecule has 0 saturated heterocycles. The first kappa shape index (κ1) is 15.4. The summed E-state index contributed by atoms with van der Waals surface area (Å²) in [6.07, 6.45) is 0. The molecule has 0 fully saturated rings. The second-order valence-electron chi connectivity index (χ2n) is 4.52. The van der Waals surface area contributed by atoms with Gasteiger partial charge in [0.05, 0.1) is 12.6 Å². The zero-order valence-electron chi connectivity index (χ0n) is 11.6. The van der Waals surface area contributed by atoms with E-state index < -0.39 is 5.91 Å². The van der Waals surface area contributed by atoms with E-state index >= 15 is 0 Å². The molecule has 0 spiro atoms. The van der Waals surface area contributed by atoms with Crippen molar-refractivity contribution in [1.82, 2.24) is 10.6 Å². The summed E-state index contributed by atoms with van der Waals surface area (Å²) < 4.78 is 11.0. The first-order chi connectivity index (χ1) is 9.95. The van der Waals surface area contributed by atoms with E-state index in [2.05, 4.69) is 26.6 Å². The molecule has 0 radical (unpaired) electrons. The molecule has 2 N–H and O–H groups in total. The van der Waals surface area contributed by atoms with Crippen LogP contribution >= 0.6 is 15.9 Å². The average molecular weight is 355 g/mol. The molecule has 0 bridgehead atoms. The maximum absolute atomic E-state index is 11.8. The average Bonchev–Trinajstić information content (AvgIpc) is 3.04. The number of hydrogen-bond acceptors (Lipinski definition) is 4. The summed E-state index contributed by atoms with van der Waals surface area (Å²) in [5.74, 6) is 0.835. The van der Waals surface area contributed by atoms with Crippen molar-refractivity contribution >= 4 is 27.7 Å². The van der Waals surface area contributed by atoms with Crippen LogP contribution in [0.4, 0.5) is 0 Å². The normalized spacial score (nSPS) is 12.0. The third kappa shape index (κ3) is 4.22. The predicted molar refractivity (Wildman–Crippen MR) is 78.7 cm³/mol. The fraction of sp³-hybridized carbons (Fsp3) is 0.286. The lowest BCUT2D eigenvalue weighted by molar-refractivity contribution is -0.120. The van der Waals surface area contributed by atoms with Gasteiger partial charge in [0, 0.05) is 0 Å². The SMILES string of the molecule is Cc1ccc(C(C)NC(=O)CNC(=O)c2ccc(Br)o2)o1. The van der Waals surface area contributed by atoms with Crippen LogP contribution in [0.5, 0.6) is 0 Å². The van der Waals surface area contributed by atoms with Gasteiger partial charge in [-0.25, -0.2) is 0 Å². The number of halogens is 1. The van der Waals surface area contributed by atoms with Crippen LogP contribution < -0.4 is 10.6 Å². The highest BCUT2D eigenvalue weighted by molar-refractivity contribution is 9.10. The van der Waals surface area contributed by atoms with Crippen molar-refractivity contribution in [2.45, 2.75) is 19.9 Å². The molecule has 0 aromatic carbocycles. The quantitative estimate of drug-likeness (QED) is 0.863. The minimum Gasteiger partial charge on any atom is -0.464 e. The molecule has 2 amide bonds.